The van der Waals surface area contributed by atoms with Crippen LogP contribution in [0.2, 0.25) is 0 Å². The third kappa shape index (κ3) is 5.03. The van der Waals surface area contributed by atoms with Crippen molar-refractivity contribution >= 4 is 35.8 Å². The van der Waals surface area contributed by atoms with Gasteiger partial charge in [-0.15, -0.1) is 24.2 Å². The van der Waals surface area contributed by atoms with Crippen LogP contribution in [-0.2, 0) is 9.53 Å². The Morgan fingerprint density at radius 2 is 2.32 bits per heavy atom. The molecule has 2 N–H and O–H groups in total. The number of nitrogens with one attached hydrogen (secondary N) is 2. The highest BCUT2D eigenvalue weighted by Gasteiger charge is 2.17. The van der Waals surface area contributed by atoms with Gasteiger partial charge in [0.2, 0.25) is 5.91 Å². The Kier molecular flexibility index (Phi) is 7.23. The van der Waals surface area contributed by atoms with Gasteiger partial charge in [-0.05, 0) is 18.4 Å². The van der Waals surface area contributed by atoms with Crippen LogP contribution in [-0.4, -0.2) is 38.0 Å². The summed E-state index contributed by atoms with van der Waals surface area (Å²) in [5, 5.41) is 6.16. The number of hydrogen-bond donors (Lipinski definition) is 2. The average Bonchev–Trinajstić information content (AvgIpc) is 2.40. The van der Waals surface area contributed by atoms with E-state index in [9.17, 15) is 4.79 Å². The lowest BCUT2D eigenvalue weighted by atomic mass is 10.2. The highest BCUT2D eigenvalue weighted by Crippen LogP contribution is 2.24. The lowest BCUT2D eigenvalue weighted by Gasteiger charge is -2.23. The molecule has 1 aromatic carbocycles. The van der Waals surface area contributed by atoms with E-state index in [0.717, 1.165) is 23.7 Å². The van der Waals surface area contributed by atoms with Gasteiger partial charge < -0.3 is 15.4 Å². The highest BCUT2D eigenvalue weighted by molar-refractivity contribution is 7.98. The van der Waals surface area contributed by atoms with Gasteiger partial charge in [0.25, 0.3) is 0 Å². The average molecular weight is 303 g/mol. The summed E-state index contributed by atoms with van der Waals surface area (Å²) >= 11 is 1.63. The Bertz CT molecular complexity index is 411. The Labute approximate surface area is 124 Å². The van der Waals surface area contributed by atoms with Crippen molar-refractivity contribution in [2.24, 2.45) is 0 Å². The minimum Gasteiger partial charge on any atom is -0.375 e. The summed E-state index contributed by atoms with van der Waals surface area (Å²) in [7, 11) is 0. The van der Waals surface area contributed by atoms with Crippen molar-refractivity contribution in [1.29, 1.82) is 0 Å². The maximum atomic E-state index is 11.9. The van der Waals surface area contributed by atoms with Gasteiger partial charge in [0.1, 0.15) is 0 Å². The molecule has 1 aromatic rings. The van der Waals surface area contributed by atoms with Crippen LogP contribution in [0, 0.1) is 0 Å². The van der Waals surface area contributed by atoms with Crippen molar-refractivity contribution in [2.75, 3.05) is 31.3 Å². The summed E-state index contributed by atoms with van der Waals surface area (Å²) in [5.74, 6) is 0.00481. The van der Waals surface area contributed by atoms with Crippen LogP contribution in [0.4, 0.5) is 5.69 Å². The van der Waals surface area contributed by atoms with E-state index in [4.69, 9.17) is 4.74 Å². The molecule has 1 saturated heterocycles. The van der Waals surface area contributed by atoms with E-state index in [0.29, 0.717) is 13.0 Å². The highest BCUT2D eigenvalue weighted by atomic mass is 35.5. The molecule has 6 heteroatoms. The first kappa shape index (κ1) is 16.3. The van der Waals surface area contributed by atoms with E-state index in [1.54, 1.807) is 11.8 Å². The number of carbonyl (C=O) groups excluding carboxylic acids is 1. The van der Waals surface area contributed by atoms with Crippen molar-refractivity contribution in [3.8, 4) is 0 Å². The van der Waals surface area contributed by atoms with Gasteiger partial charge >= 0.3 is 0 Å². The number of para-hydroxylation sites is 1. The molecule has 4 nitrogen and oxygen atoms in total. The Hall–Kier alpha value is -0.750. The maximum Gasteiger partial charge on any atom is 0.227 e. The predicted molar refractivity (Wildman–Crippen MR) is 81.3 cm³/mol. The molecule has 1 unspecified atom stereocenters. The summed E-state index contributed by atoms with van der Waals surface area (Å²) in [6.45, 7) is 2.30. The van der Waals surface area contributed by atoms with E-state index in [1.165, 1.54) is 0 Å². The lowest BCUT2D eigenvalue weighted by molar-refractivity contribution is -0.119. The number of rotatable bonds is 4. The molecular formula is C13H19ClN2O2S. The fourth-order valence-electron chi connectivity index (χ4n) is 1.91. The maximum absolute atomic E-state index is 11.9. The van der Waals surface area contributed by atoms with Gasteiger partial charge in [0.15, 0.2) is 0 Å². The third-order valence-electron chi connectivity index (χ3n) is 2.80. The van der Waals surface area contributed by atoms with Crippen LogP contribution in [0.15, 0.2) is 29.2 Å². The zero-order valence-corrected chi connectivity index (χ0v) is 12.5. The van der Waals surface area contributed by atoms with E-state index in [2.05, 4.69) is 10.6 Å². The molecule has 0 aliphatic carbocycles. The molecule has 106 valence electrons. The van der Waals surface area contributed by atoms with Crippen LogP contribution in [0.5, 0.6) is 0 Å². The first-order chi connectivity index (χ1) is 8.79. The van der Waals surface area contributed by atoms with Crippen molar-refractivity contribution < 1.29 is 9.53 Å². The molecule has 0 spiro atoms. The van der Waals surface area contributed by atoms with Crippen molar-refractivity contribution in [1.82, 2.24) is 5.32 Å². The Morgan fingerprint density at radius 3 is 3.00 bits per heavy atom. The van der Waals surface area contributed by atoms with E-state index >= 15 is 0 Å². The minimum atomic E-state index is -0.0137. The Balaban J connectivity index is 0.00000180. The van der Waals surface area contributed by atoms with E-state index in [1.807, 2.05) is 30.5 Å². The molecule has 1 aliphatic heterocycles. The predicted octanol–water partition coefficient (Wildman–Crippen LogP) is 2.15. The number of morpholine rings is 1. The van der Waals surface area contributed by atoms with Crippen LogP contribution < -0.4 is 10.6 Å². The van der Waals surface area contributed by atoms with E-state index < -0.39 is 0 Å². The monoisotopic (exact) mass is 302 g/mol. The molecule has 0 radical (unpaired) electrons. The number of benzene rings is 1. The largest absolute Gasteiger partial charge is 0.375 e. The van der Waals surface area contributed by atoms with Gasteiger partial charge in [-0.3, -0.25) is 4.79 Å². The molecule has 1 aliphatic rings. The molecule has 1 fully saturated rings. The minimum absolute atomic E-state index is 0. The number of hydrogen-bond acceptors (Lipinski definition) is 4. The van der Waals surface area contributed by atoms with Crippen LogP contribution in [0.3, 0.4) is 0 Å². The third-order valence-corrected chi connectivity index (χ3v) is 3.59. The molecule has 19 heavy (non-hydrogen) atoms. The first-order valence-corrected chi connectivity index (χ1v) is 7.27. The van der Waals surface area contributed by atoms with Gasteiger partial charge in [-0.25, -0.2) is 0 Å². The van der Waals surface area contributed by atoms with Crippen LogP contribution in [0.1, 0.15) is 6.42 Å². The second-order valence-corrected chi connectivity index (χ2v) is 5.00. The number of ether oxygens (including phenoxy) is 1. The zero-order chi connectivity index (χ0) is 12.8. The summed E-state index contributed by atoms with van der Waals surface area (Å²) in [4.78, 5) is 13.0. The smallest absolute Gasteiger partial charge is 0.227 e. The van der Waals surface area contributed by atoms with Gasteiger partial charge in [0.05, 0.1) is 24.8 Å². The summed E-state index contributed by atoms with van der Waals surface area (Å²) in [5.41, 5.74) is 0.874. The van der Waals surface area contributed by atoms with Crippen LogP contribution in [0.25, 0.3) is 0 Å². The number of carbonyl (C=O) groups is 1. The molecule has 1 amide bonds. The second kappa shape index (κ2) is 8.43. The molecule has 0 aromatic heterocycles. The normalized spacial score (nSPS) is 18.5. The summed E-state index contributed by atoms with van der Waals surface area (Å²) in [6, 6.07) is 7.81. The van der Waals surface area contributed by atoms with Crippen molar-refractivity contribution in [3.05, 3.63) is 24.3 Å². The standard InChI is InChI=1S/C13H18N2O2S.ClH/c1-18-12-5-3-2-4-11(12)15-13(16)8-10-9-14-6-7-17-10;/h2-5,10,14H,6-9H2,1H3,(H,15,16);1H. The van der Waals surface area contributed by atoms with Crippen LogP contribution >= 0.6 is 24.2 Å². The molecule has 1 heterocycles. The molecule has 0 bridgehead atoms. The Morgan fingerprint density at radius 1 is 1.53 bits per heavy atom. The molecule has 2 rings (SSSR count). The fourth-order valence-corrected chi connectivity index (χ4v) is 2.46. The number of amides is 1. The van der Waals surface area contributed by atoms with Crippen molar-refractivity contribution in [2.45, 2.75) is 17.4 Å². The summed E-state index contributed by atoms with van der Waals surface area (Å²) < 4.78 is 5.51. The number of thioether (sulfide) groups is 1. The first-order valence-electron chi connectivity index (χ1n) is 6.05. The van der Waals surface area contributed by atoms with Gasteiger partial charge in [0, 0.05) is 18.0 Å². The quantitative estimate of drug-likeness (QED) is 0.837. The second-order valence-electron chi connectivity index (χ2n) is 4.15. The van der Waals surface area contributed by atoms with Gasteiger partial charge in [-0.1, -0.05) is 12.1 Å². The lowest BCUT2D eigenvalue weighted by Crippen LogP contribution is -2.40. The number of halogens is 1. The molecule has 1 atom stereocenters. The summed E-state index contributed by atoms with van der Waals surface area (Å²) in [6.07, 6.45) is 2.38. The number of anilines is 1. The topological polar surface area (TPSA) is 50.4 Å². The van der Waals surface area contributed by atoms with E-state index in [-0.39, 0.29) is 24.4 Å². The molecule has 0 saturated carbocycles. The van der Waals surface area contributed by atoms with Gasteiger partial charge in [-0.2, -0.15) is 0 Å². The van der Waals surface area contributed by atoms with Crippen molar-refractivity contribution in [3.63, 3.8) is 0 Å². The molecular weight excluding hydrogens is 284 g/mol. The SMILES string of the molecule is CSc1ccccc1NC(=O)CC1CNCCO1.Cl. The zero-order valence-electron chi connectivity index (χ0n) is 10.8. The fraction of sp³-hybridized carbons (Fsp3) is 0.462.